The molecule has 0 N–H and O–H groups in total. The van der Waals surface area contributed by atoms with Crippen molar-refractivity contribution in [2.75, 3.05) is 13.1 Å². The number of thiophene rings is 1. The fraction of sp³-hybridized carbons (Fsp3) is 0.409. The molecule has 7 nitrogen and oxygen atoms in total. The molecule has 30 heavy (non-hydrogen) atoms. The van der Waals surface area contributed by atoms with Gasteiger partial charge in [-0.2, -0.15) is 0 Å². The highest BCUT2D eigenvalue weighted by Gasteiger charge is 2.21. The fourth-order valence-electron chi connectivity index (χ4n) is 3.91. The van der Waals surface area contributed by atoms with Gasteiger partial charge in [0.2, 0.25) is 5.82 Å². The molecule has 1 fully saturated rings. The van der Waals surface area contributed by atoms with Crippen molar-refractivity contribution < 1.29 is 0 Å². The second-order valence-corrected chi connectivity index (χ2v) is 9.36. The number of hydrogen-bond acceptors (Lipinski definition) is 7. The van der Waals surface area contributed by atoms with Crippen LogP contribution in [0.2, 0.25) is 0 Å². The molecule has 0 amide bonds. The van der Waals surface area contributed by atoms with E-state index in [9.17, 15) is 0 Å². The van der Waals surface area contributed by atoms with Gasteiger partial charge < -0.3 is 0 Å². The first kappa shape index (κ1) is 19.3. The molecule has 0 atom stereocenters. The molecule has 0 radical (unpaired) electrons. The monoisotopic (exact) mass is 419 g/mol. The summed E-state index contributed by atoms with van der Waals surface area (Å²) in [4.78, 5) is 16.1. The molecule has 4 heterocycles. The SMILES string of the molecule is Cc1sc2nc(CN3CCC(C)CC3)nc(-n3nnc(-c4ccccc4)n3)c2c1C. The summed E-state index contributed by atoms with van der Waals surface area (Å²) in [7, 11) is 0. The summed E-state index contributed by atoms with van der Waals surface area (Å²) in [5, 5.41) is 14.3. The van der Waals surface area contributed by atoms with Gasteiger partial charge in [0.1, 0.15) is 10.7 Å². The van der Waals surface area contributed by atoms with Gasteiger partial charge in [-0.1, -0.05) is 37.3 Å². The Bertz CT molecular complexity index is 1170. The van der Waals surface area contributed by atoms with Crippen LogP contribution in [0.3, 0.4) is 0 Å². The quantitative estimate of drug-likeness (QED) is 0.494. The molecule has 8 heteroatoms. The normalized spacial score (nSPS) is 15.8. The Labute approximate surface area is 179 Å². The average Bonchev–Trinajstić information content (AvgIpc) is 3.35. The van der Waals surface area contributed by atoms with E-state index in [-0.39, 0.29) is 0 Å². The van der Waals surface area contributed by atoms with Gasteiger partial charge >= 0.3 is 0 Å². The molecule has 1 saturated heterocycles. The summed E-state index contributed by atoms with van der Waals surface area (Å²) in [5.74, 6) is 2.95. The first-order chi connectivity index (χ1) is 14.6. The first-order valence-corrected chi connectivity index (χ1v) is 11.2. The van der Waals surface area contributed by atoms with Gasteiger partial charge in [-0.05, 0) is 56.5 Å². The molecule has 0 aliphatic carbocycles. The predicted octanol–water partition coefficient (Wildman–Crippen LogP) is 4.18. The van der Waals surface area contributed by atoms with E-state index >= 15 is 0 Å². The number of piperidine rings is 1. The highest BCUT2D eigenvalue weighted by atomic mass is 32.1. The van der Waals surface area contributed by atoms with E-state index in [1.807, 2.05) is 30.3 Å². The van der Waals surface area contributed by atoms with E-state index in [0.717, 1.165) is 53.0 Å². The van der Waals surface area contributed by atoms with E-state index in [1.54, 1.807) is 16.1 Å². The molecule has 1 aromatic carbocycles. The molecular formula is C22H25N7S. The number of rotatable bonds is 4. The van der Waals surface area contributed by atoms with E-state index in [1.165, 1.54) is 23.3 Å². The highest BCUT2D eigenvalue weighted by Crippen LogP contribution is 2.32. The molecule has 4 aromatic rings. The largest absolute Gasteiger partial charge is 0.296 e. The Kier molecular flexibility index (Phi) is 5.04. The lowest BCUT2D eigenvalue weighted by molar-refractivity contribution is 0.181. The van der Waals surface area contributed by atoms with Gasteiger partial charge in [0.25, 0.3) is 0 Å². The van der Waals surface area contributed by atoms with Crippen molar-refractivity contribution >= 4 is 21.6 Å². The molecule has 3 aromatic heterocycles. The summed E-state index contributed by atoms with van der Waals surface area (Å²) < 4.78 is 0. The minimum atomic E-state index is 0.596. The number of benzene rings is 1. The number of nitrogens with zero attached hydrogens (tertiary/aromatic N) is 7. The van der Waals surface area contributed by atoms with Crippen LogP contribution in [0.15, 0.2) is 30.3 Å². The van der Waals surface area contributed by atoms with Crippen LogP contribution in [0.25, 0.3) is 27.4 Å². The molecular weight excluding hydrogens is 394 g/mol. The lowest BCUT2D eigenvalue weighted by Crippen LogP contribution is -2.33. The summed E-state index contributed by atoms with van der Waals surface area (Å²) in [6.07, 6.45) is 2.47. The summed E-state index contributed by atoms with van der Waals surface area (Å²) in [5.41, 5.74) is 2.12. The fourth-order valence-corrected chi connectivity index (χ4v) is 4.96. The van der Waals surface area contributed by atoms with Crippen molar-refractivity contribution in [3.05, 3.63) is 46.6 Å². The van der Waals surface area contributed by atoms with Crippen LogP contribution >= 0.6 is 11.3 Å². The predicted molar refractivity (Wildman–Crippen MR) is 119 cm³/mol. The van der Waals surface area contributed by atoms with Crippen molar-refractivity contribution in [2.45, 2.75) is 40.2 Å². The third-order valence-corrected chi connectivity index (χ3v) is 7.03. The van der Waals surface area contributed by atoms with E-state index in [2.05, 4.69) is 41.1 Å². The van der Waals surface area contributed by atoms with Crippen LogP contribution < -0.4 is 0 Å². The Hall–Kier alpha value is -2.71. The summed E-state index contributed by atoms with van der Waals surface area (Å²) in [6.45, 7) is 9.52. The lowest BCUT2D eigenvalue weighted by atomic mass is 9.99. The summed E-state index contributed by atoms with van der Waals surface area (Å²) >= 11 is 1.71. The van der Waals surface area contributed by atoms with Crippen molar-refractivity contribution in [2.24, 2.45) is 5.92 Å². The standard InChI is InChI=1S/C22H25N7S/c1-14-9-11-28(12-10-14)13-18-23-21(19-15(2)16(3)30-22(19)24-18)29-26-20(25-27-29)17-7-5-4-6-8-17/h4-8,14H,9-13H2,1-3H3. The van der Waals surface area contributed by atoms with Crippen LogP contribution in [0.1, 0.15) is 36.0 Å². The minimum Gasteiger partial charge on any atom is -0.296 e. The highest BCUT2D eigenvalue weighted by molar-refractivity contribution is 7.18. The van der Waals surface area contributed by atoms with Crippen LogP contribution in [0, 0.1) is 19.8 Å². The molecule has 0 unspecified atom stereocenters. The zero-order valence-corrected chi connectivity index (χ0v) is 18.4. The second-order valence-electron chi connectivity index (χ2n) is 8.15. The number of likely N-dealkylation sites (tertiary alicyclic amines) is 1. The van der Waals surface area contributed by atoms with Crippen molar-refractivity contribution in [1.29, 1.82) is 0 Å². The molecule has 0 spiro atoms. The minimum absolute atomic E-state index is 0.596. The third-order valence-electron chi connectivity index (χ3n) is 5.93. The van der Waals surface area contributed by atoms with Crippen LogP contribution in [-0.2, 0) is 6.54 Å². The molecule has 1 aliphatic heterocycles. The van der Waals surface area contributed by atoms with Gasteiger partial charge in [0, 0.05) is 10.4 Å². The first-order valence-electron chi connectivity index (χ1n) is 10.4. The van der Waals surface area contributed by atoms with Gasteiger partial charge in [0.15, 0.2) is 5.82 Å². The second kappa shape index (κ2) is 7.85. The van der Waals surface area contributed by atoms with E-state index in [0.29, 0.717) is 5.82 Å². The maximum absolute atomic E-state index is 4.92. The Balaban J connectivity index is 1.55. The molecule has 1 aliphatic rings. The van der Waals surface area contributed by atoms with Crippen LogP contribution in [-0.4, -0.2) is 48.2 Å². The molecule has 154 valence electrons. The number of aryl methyl sites for hydroxylation is 2. The maximum atomic E-state index is 4.92. The summed E-state index contributed by atoms with van der Waals surface area (Å²) in [6, 6.07) is 9.90. The number of hydrogen-bond donors (Lipinski definition) is 0. The van der Waals surface area contributed by atoms with Crippen molar-refractivity contribution in [3.63, 3.8) is 0 Å². The number of aromatic nitrogens is 6. The molecule has 5 rings (SSSR count). The molecule has 0 bridgehead atoms. The zero-order chi connectivity index (χ0) is 20.7. The van der Waals surface area contributed by atoms with Crippen LogP contribution in [0.4, 0.5) is 0 Å². The van der Waals surface area contributed by atoms with Gasteiger partial charge in [-0.3, -0.25) is 4.90 Å². The molecule has 0 saturated carbocycles. The smallest absolute Gasteiger partial charge is 0.205 e. The van der Waals surface area contributed by atoms with Gasteiger partial charge in [-0.25, -0.2) is 9.97 Å². The average molecular weight is 420 g/mol. The number of fused-ring (bicyclic) bond motifs is 1. The third kappa shape index (κ3) is 3.61. The topological polar surface area (TPSA) is 72.6 Å². The van der Waals surface area contributed by atoms with Crippen molar-refractivity contribution in [3.8, 4) is 17.2 Å². The van der Waals surface area contributed by atoms with Crippen LogP contribution in [0.5, 0.6) is 0 Å². The van der Waals surface area contributed by atoms with E-state index < -0.39 is 0 Å². The van der Waals surface area contributed by atoms with Gasteiger partial charge in [0.05, 0.1) is 11.9 Å². The lowest BCUT2D eigenvalue weighted by Gasteiger charge is -2.29. The Morgan fingerprint density at radius 3 is 2.60 bits per heavy atom. The van der Waals surface area contributed by atoms with E-state index in [4.69, 9.17) is 9.97 Å². The number of tetrazole rings is 1. The zero-order valence-electron chi connectivity index (χ0n) is 17.5. The maximum Gasteiger partial charge on any atom is 0.205 e. The Morgan fingerprint density at radius 2 is 1.83 bits per heavy atom. The van der Waals surface area contributed by atoms with Gasteiger partial charge in [-0.15, -0.1) is 26.3 Å². The van der Waals surface area contributed by atoms with Crippen molar-refractivity contribution in [1.82, 2.24) is 35.1 Å². The Morgan fingerprint density at radius 1 is 1.07 bits per heavy atom.